The Kier molecular flexibility index (Phi) is 2.98. The second-order valence-electron chi connectivity index (χ2n) is 4.29. The molecule has 1 amide bonds. The molecule has 0 spiro atoms. The van der Waals surface area contributed by atoms with Gasteiger partial charge in [-0.1, -0.05) is 0 Å². The zero-order chi connectivity index (χ0) is 11.6. The number of furan rings is 1. The quantitative estimate of drug-likeness (QED) is 0.790. The summed E-state index contributed by atoms with van der Waals surface area (Å²) in [4.78, 5) is 11.8. The number of hydrogen-bond donors (Lipinski definition) is 2. The van der Waals surface area contributed by atoms with Gasteiger partial charge in [-0.15, -0.1) is 0 Å². The van der Waals surface area contributed by atoms with Gasteiger partial charge in [0.25, 0.3) is 5.91 Å². The van der Waals surface area contributed by atoms with Crippen molar-refractivity contribution in [3.8, 4) is 0 Å². The van der Waals surface area contributed by atoms with Gasteiger partial charge >= 0.3 is 0 Å². The van der Waals surface area contributed by atoms with Gasteiger partial charge in [-0.2, -0.15) is 0 Å². The average molecular weight is 224 g/mol. The van der Waals surface area contributed by atoms with Crippen molar-refractivity contribution < 1.29 is 13.9 Å². The first-order valence-electron chi connectivity index (χ1n) is 5.32. The van der Waals surface area contributed by atoms with E-state index in [2.05, 4.69) is 5.32 Å². The molecule has 0 aromatic carbocycles. The summed E-state index contributed by atoms with van der Waals surface area (Å²) in [5.41, 5.74) is 5.12. The van der Waals surface area contributed by atoms with Crippen LogP contribution in [0.5, 0.6) is 0 Å². The van der Waals surface area contributed by atoms with Crippen molar-refractivity contribution in [2.45, 2.75) is 25.4 Å². The molecule has 1 saturated heterocycles. The van der Waals surface area contributed by atoms with Crippen molar-refractivity contribution in [3.05, 3.63) is 23.7 Å². The van der Waals surface area contributed by atoms with Crippen LogP contribution in [-0.4, -0.2) is 24.7 Å². The minimum absolute atomic E-state index is 0.215. The predicted octanol–water partition coefficient (Wildman–Crippen LogP) is 0.647. The summed E-state index contributed by atoms with van der Waals surface area (Å²) >= 11 is 0. The minimum atomic E-state index is -0.285. The Hall–Kier alpha value is -1.33. The Morgan fingerprint density at radius 2 is 2.44 bits per heavy atom. The maximum atomic E-state index is 11.8. The van der Waals surface area contributed by atoms with E-state index in [0.29, 0.717) is 31.3 Å². The lowest BCUT2D eigenvalue weighted by Crippen LogP contribution is -2.46. The summed E-state index contributed by atoms with van der Waals surface area (Å²) in [5, 5.41) is 2.91. The van der Waals surface area contributed by atoms with Crippen LogP contribution in [0.4, 0.5) is 0 Å². The third-order valence-corrected chi connectivity index (χ3v) is 2.72. The molecule has 0 saturated carbocycles. The van der Waals surface area contributed by atoms with Gasteiger partial charge in [0.15, 0.2) is 5.76 Å². The fourth-order valence-electron chi connectivity index (χ4n) is 1.71. The zero-order valence-electron chi connectivity index (χ0n) is 9.29. The zero-order valence-corrected chi connectivity index (χ0v) is 9.29. The molecule has 1 aliphatic heterocycles. The lowest BCUT2D eigenvalue weighted by atomic mass is 10.0. The standard InChI is InChI=1S/C11H16N2O3/c1-11(4-5-15-7-11)13-10(14)9-3-2-8(6-12)16-9/h2-3H,4-7,12H2,1H3,(H,13,14). The van der Waals surface area contributed by atoms with Gasteiger partial charge in [-0.25, -0.2) is 0 Å². The number of carbonyl (C=O) groups is 1. The number of nitrogens with one attached hydrogen (secondary N) is 1. The molecule has 16 heavy (non-hydrogen) atoms. The Labute approximate surface area is 93.9 Å². The number of ether oxygens (including phenoxy) is 1. The van der Waals surface area contributed by atoms with Gasteiger partial charge < -0.3 is 20.2 Å². The van der Waals surface area contributed by atoms with Crippen LogP contribution in [0.2, 0.25) is 0 Å². The third kappa shape index (κ3) is 2.25. The van der Waals surface area contributed by atoms with Gasteiger partial charge in [0.1, 0.15) is 5.76 Å². The molecule has 1 unspecified atom stereocenters. The Morgan fingerprint density at radius 3 is 3.00 bits per heavy atom. The monoisotopic (exact) mass is 224 g/mol. The fraction of sp³-hybridized carbons (Fsp3) is 0.545. The van der Waals surface area contributed by atoms with E-state index in [0.717, 1.165) is 6.42 Å². The average Bonchev–Trinajstić information content (AvgIpc) is 2.86. The highest BCUT2D eigenvalue weighted by Crippen LogP contribution is 2.18. The molecule has 0 bridgehead atoms. The van der Waals surface area contributed by atoms with E-state index in [-0.39, 0.29) is 11.4 Å². The molecule has 5 nitrogen and oxygen atoms in total. The topological polar surface area (TPSA) is 77.5 Å². The first kappa shape index (κ1) is 11.2. The Bertz CT molecular complexity index is 380. The highest BCUT2D eigenvalue weighted by Gasteiger charge is 2.32. The molecule has 0 aliphatic carbocycles. The van der Waals surface area contributed by atoms with E-state index in [1.165, 1.54) is 0 Å². The maximum Gasteiger partial charge on any atom is 0.287 e. The SMILES string of the molecule is CC1(NC(=O)c2ccc(CN)o2)CCOC1. The van der Waals surface area contributed by atoms with Gasteiger partial charge in [0.2, 0.25) is 0 Å². The van der Waals surface area contributed by atoms with Crippen LogP contribution in [0.15, 0.2) is 16.5 Å². The maximum absolute atomic E-state index is 11.8. The van der Waals surface area contributed by atoms with Crippen LogP contribution in [0, 0.1) is 0 Å². The summed E-state index contributed by atoms with van der Waals surface area (Å²) in [5.74, 6) is 0.694. The molecular formula is C11H16N2O3. The molecular weight excluding hydrogens is 208 g/mol. The summed E-state index contributed by atoms with van der Waals surface area (Å²) in [7, 11) is 0. The van der Waals surface area contributed by atoms with Crippen molar-refractivity contribution in [1.82, 2.24) is 5.32 Å². The molecule has 1 atom stereocenters. The predicted molar refractivity (Wildman–Crippen MR) is 57.9 cm³/mol. The molecule has 1 fully saturated rings. The number of amides is 1. The molecule has 1 aromatic rings. The fourth-order valence-corrected chi connectivity index (χ4v) is 1.71. The number of carbonyl (C=O) groups excluding carboxylic acids is 1. The highest BCUT2D eigenvalue weighted by atomic mass is 16.5. The van der Waals surface area contributed by atoms with Crippen LogP contribution in [0.3, 0.4) is 0 Å². The third-order valence-electron chi connectivity index (χ3n) is 2.72. The second kappa shape index (κ2) is 4.27. The van der Waals surface area contributed by atoms with Gasteiger partial charge in [-0.05, 0) is 25.5 Å². The lowest BCUT2D eigenvalue weighted by Gasteiger charge is -2.22. The van der Waals surface area contributed by atoms with Gasteiger partial charge in [-0.3, -0.25) is 4.79 Å². The first-order chi connectivity index (χ1) is 7.63. The van der Waals surface area contributed by atoms with Crippen molar-refractivity contribution in [1.29, 1.82) is 0 Å². The number of nitrogens with two attached hydrogens (primary N) is 1. The van der Waals surface area contributed by atoms with Gasteiger partial charge in [0.05, 0.1) is 18.7 Å². The van der Waals surface area contributed by atoms with Crippen LogP contribution in [0.1, 0.15) is 29.7 Å². The van der Waals surface area contributed by atoms with Crippen LogP contribution < -0.4 is 11.1 Å². The minimum Gasteiger partial charge on any atom is -0.455 e. The first-order valence-corrected chi connectivity index (χ1v) is 5.32. The largest absolute Gasteiger partial charge is 0.455 e. The lowest BCUT2D eigenvalue weighted by molar-refractivity contribution is 0.0860. The van der Waals surface area contributed by atoms with E-state index in [1.807, 2.05) is 6.92 Å². The summed E-state index contributed by atoms with van der Waals surface area (Å²) in [6.45, 7) is 3.49. The summed E-state index contributed by atoms with van der Waals surface area (Å²) in [6.07, 6.45) is 0.823. The number of rotatable bonds is 3. The summed E-state index contributed by atoms with van der Waals surface area (Å²) in [6, 6.07) is 3.35. The second-order valence-corrected chi connectivity index (χ2v) is 4.29. The molecule has 5 heteroatoms. The number of hydrogen-bond acceptors (Lipinski definition) is 4. The van der Waals surface area contributed by atoms with E-state index in [4.69, 9.17) is 14.9 Å². The normalized spacial score (nSPS) is 24.6. The van der Waals surface area contributed by atoms with Crippen molar-refractivity contribution in [2.24, 2.45) is 5.73 Å². The van der Waals surface area contributed by atoms with Crippen LogP contribution >= 0.6 is 0 Å². The molecule has 3 N–H and O–H groups in total. The smallest absolute Gasteiger partial charge is 0.287 e. The highest BCUT2D eigenvalue weighted by molar-refractivity contribution is 5.92. The molecule has 1 aliphatic rings. The van der Waals surface area contributed by atoms with E-state index < -0.39 is 0 Å². The Morgan fingerprint density at radius 1 is 1.62 bits per heavy atom. The van der Waals surface area contributed by atoms with E-state index in [9.17, 15) is 4.79 Å². The molecule has 2 rings (SSSR count). The van der Waals surface area contributed by atoms with Crippen molar-refractivity contribution >= 4 is 5.91 Å². The van der Waals surface area contributed by atoms with Gasteiger partial charge in [0, 0.05) is 6.61 Å². The van der Waals surface area contributed by atoms with Crippen molar-refractivity contribution in [3.63, 3.8) is 0 Å². The summed E-state index contributed by atoms with van der Waals surface area (Å²) < 4.78 is 10.5. The Balaban J connectivity index is 2.02. The molecule has 88 valence electrons. The van der Waals surface area contributed by atoms with Crippen LogP contribution in [0.25, 0.3) is 0 Å². The molecule has 0 radical (unpaired) electrons. The van der Waals surface area contributed by atoms with E-state index >= 15 is 0 Å². The molecule has 2 heterocycles. The van der Waals surface area contributed by atoms with Crippen molar-refractivity contribution in [2.75, 3.05) is 13.2 Å². The molecule has 1 aromatic heterocycles. The van der Waals surface area contributed by atoms with E-state index in [1.54, 1.807) is 12.1 Å². The van der Waals surface area contributed by atoms with Crippen LogP contribution in [-0.2, 0) is 11.3 Å².